The molecule has 2 aromatic heterocycles. The van der Waals surface area contributed by atoms with Gasteiger partial charge in [-0.3, -0.25) is 9.69 Å². The van der Waals surface area contributed by atoms with Crippen molar-refractivity contribution in [2.45, 2.75) is 51.4 Å². The first-order valence-electron chi connectivity index (χ1n) is 11.8. The van der Waals surface area contributed by atoms with Crippen LogP contribution in [-0.2, 0) is 16.0 Å². The van der Waals surface area contributed by atoms with Crippen LogP contribution in [0.3, 0.4) is 0 Å². The number of carbonyl (C=O) groups is 1. The Balaban J connectivity index is 1.34. The summed E-state index contributed by atoms with van der Waals surface area (Å²) in [5.41, 5.74) is 2.07. The van der Waals surface area contributed by atoms with Gasteiger partial charge in [-0.2, -0.15) is 0 Å². The Labute approximate surface area is 204 Å². The third kappa shape index (κ3) is 5.22. The van der Waals surface area contributed by atoms with Gasteiger partial charge in [0.15, 0.2) is 0 Å². The Kier molecular flexibility index (Phi) is 6.92. The number of likely N-dealkylation sites (tertiary alicyclic amines) is 1. The van der Waals surface area contributed by atoms with Gasteiger partial charge in [-0.15, -0.1) is 22.7 Å². The average molecular weight is 482 g/mol. The largest absolute Gasteiger partial charge is 0.373 e. The molecule has 2 fully saturated rings. The number of rotatable bonds is 6. The van der Waals surface area contributed by atoms with Crippen molar-refractivity contribution in [3.05, 3.63) is 52.7 Å². The summed E-state index contributed by atoms with van der Waals surface area (Å²) in [7, 11) is 0. The molecule has 2 aliphatic heterocycles. The smallest absolute Gasteiger partial charge is 0.228 e. The topological polar surface area (TPSA) is 45.7 Å². The second-order valence-electron chi connectivity index (χ2n) is 9.17. The Bertz CT molecular complexity index is 1060. The van der Waals surface area contributed by atoms with Crippen LogP contribution >= 0.6 is 22.7 Å². The SMILES string of the molecule is CC1CN(CC2CCCN2C(=O)Cc2sc(-c3ccccc3)nc2-c2cccs2)CC(C)O1. The van der Waals surface area contributed by atoms with E-state index < -0.39 is 0 Å². The van der Waals surface area contributed by atoms with Gasteiger partial charge < -0.3 is 9.64 Å². The summed E-state index contributed by atoms with van der Waals surface area (Å²) in [6.45, 7) is 7.97. The van der Waals surface area contributed by atoms with Crippen molar-refractivity contribution in [3.63, 3.8) is 0 Å². The summed E-state index contributed by atoms with van der Waals surface area (Å²) in [5, 5.41) is 3.06. The number of thiazole rings is 1. The van der Waals surface area contributed by atoms with E-state index in [9.17, 15) is 4.79 Å². The number of thiophene rings is 1. The van der Waals surface area contributed by atoms with Gasteiger partial charge in [-0.1, -0.05) is 36.4 Å². The predicted molar refractivity (Wildman–Crippen MR) is 136 cm³/mol. The number of hydrogen-bond acceptors (Lipinski definition) is 6. The Hall–Kier alpha value is -2.06. The highest BCUT2D eigenvalue weighted by Crippen LogP contribution is 2.36. The third-order valence-corrected chi connectivity index (χ3v) is 8.43. The number of benzene rings is 1. The zero-order valence-corrected chi connectivity index (χ0v) is 20.9. The average Bonchev–Trinajstić information content (AvgIpc) is 3.54. The minimum absolute atomic E-state index is 0.230. The molecule has 174 valence electrons. The van der Waals surface area contributed by atoms with Crippen LogP contribution in [0.1, 0.15) is 31.6 Å². The number of aromatic nitrogens is 1. The molecule has 0 bridgehead atoms. The molecule has 5 rings (SSSR count). The highest BCUT2D eigenvalue weighted by atomic mass is 32.1. The van der Waals surface area contributed by atoms with E-state index in [1.165, 1.54) is 0 Å². The molecule has 1 aromatic carbocycles. The lowest BCUT2D eigenvalue weighted by atomic mass is 10.1. The molecule has 2 aliphatic rings. The number of ether oxygens (including phenoxy) is 1. The van der Waals surface area contributed by atoms with Crippen molar-refractivity contribution < 1.29 is 9.53 Å². The standard InChI is InChI=1S/C26H31N3O2S2/c1-18-15-28(16-19(2)31-18)17-21-10-6-12-29(21)24(30)14-23-25(22-11-7-13-32-22)27-26(33-23)20-8-4-3-5-9-20/h3-5,7-9,11,13,18-19,21H,6,10,12,14-17H2,1-2H3. The number of amides is 1. The van der Waals surface area contributed by atoms with E-state index in [2.05, 4.69) is 47.2 Å². The number of nitrogens with zero attached hydrogens (tertiary/aromatic N) is 3. The molecule has 0 saturated carbocycles. The number of carbonyl (C=O) groups excluding carboxylic acids is 1. The van der Waals surface area contributed by atoms with Crippen LogP contribution in [-0.4, -0.2) is 65.1 Å². The Morgan fingerprint density at radius 2 is 1.91 bits per heavy atom. The number of morpholine rings is 1. The third-order valence-electron chi connectivity index (χ3n) is 6.45. The fourth-order valence-electron chi connectivity index (χ4n) is 5.11. The molecular weight excluding hydrogens is 450 g/mol. The highest BCUT2D eigenvalue weighted by Gasteiger charge is 2.33. The van der Waals surface area contributed by atoms with E-state index in [0.29, 0.717) is 12.5 Å². The van der Waals surface area contributed by atoms with Gasteiger partial charge in [0.2, 0.25) is 5.91 Å². The summed E-state index contributed by atoms with van der Waals surface area (Å²) in [6, 6.07) is 14.7. The van der Waals surface area contributed by atoms with Gasteiger partial charge in [0.25, 0.3) is 0 Å². The molecule has 0 spiro atoms. The predicted octanol–water partition coefficient (Wildman–Crippen LogP) is 5.18. The summed E-state index contributed by atoms with van der Waals surface area (Å²) in [4.78, 5) is 25.3. The molecule has 33 heavy (non-hydrogen) atoms. The van der Waals surface area contributed by atoms with Gasteiger partial charge in [0, 0.05) is 42.7 Å². The van der Waals surface area contributed by atoms with Crippen LogP contribution in [0.25, 0.3) is 21.1 Å². The second-order valence-corrected chi connectivity index (χ2v) is 11.2. The molecule has 3 unspecified atom stereocenters. The monoisotopic (exact) mass is 481 g/mol. The summed E-state index contributed by atoms with van der Waals surface area (Å²) < 4.78 is 5.89. The van der Waals surface area contributed by atoms with Crippen molar-refractivity contribution >= 4 is 28.6 Å². The number of hydrogen-bond donors (Lipinski definition) is 0. The molecule has 7 heteroatoms. The summed E-state index contributed by atoms with van der Waals surface area (Å²) in [5.74, 6) is 0.230. The maximum atomic E-state index is 13.5. The Morgan fingerprint density at radius 3 is 2.64 bits per heavy atom. The van der Waals surface area contributed by atoms with Crippen LogP contribution < -0.4 is 0 Å². The van der Waals surface area contributed by atoms with E-state index in [0.717, 1.165) is 65.0 Å². The minimum Gasteiger partial charge on any atom is -0.373 e. The molecule has 0 N–H and O–H groups in total. The first-order valence-corrected chi connectivity index (χ1v) is 13.5. The van der Waals surface area contributed by atoms with Gasteiger partial charge in [-0.05, 0) is 38.1 Å². The molecule has 1 amide bonds. The van der Waals surface area contributed by atoms with Crippen LogP contribution in [0.15, 0.2) is 47.8 Å². The lowest BCUT2D eigenvalue weighted by molar-refractivity contribution is -0.132. The van der Waals surface area contributed by atoms with Crippen molar-refractivity contribution in [1.29, 1.82) is 0 Å². The molecule has 0 aliphatic carbocycles. The van der Waals surface area contributed by atoms with E-state index in [1.807, 2.05) is 24.3 Å². The first-order chi connectivity index (χ1) is 16.1. The lowest BCUT2D eigenvalue weighted by Gasteiger charge is -2.38. The summed E-state index contributed by atoms with van der Waals surface area (Å²) >= 11 is 3.34. The Morgan fingerprint density at radius 1 is 1.12 bits per heavy atom. The maximum absolute atomic E-state index is 13.5. The van der Waals surface area contributed by atoms with Crippen LogP contribution in [0, 0.1) is 0 Å². The quantitative estimate of drug-likeness (QED) is 0.487. The van der Waals surface area contributed by atoms with Crippen molar-refractivity contribution in [3.8, 4) is 21.1 Å². The highest BCUT2D eigenvalue weighted by molar-refractivity contribution is 7.17. The van der Waals surface area contributed by atoms with Crippen molar-refractivity contribution in [2.75, 3.05) is 26.2 Å². The molecule has 2 saturated heterocycles. The molecule has 3 aromatic rings. The fraction of sp³-hybridized carbons (Fsp3) is 0.462. The summed E-state index contributed by atoms with van der Waals surface area (Å²) in [6.07, 6.45) is 3.09. The maximum Gasteiger partial charge on any atom is 0.228 e. The fourth-order valence-corrected chi connectivity index (χ4v) is 6.98. The molecule has 4 heterocycles. The van der Waals surface area contributed by atoms with Gasteiger partial charge >= 0.3 is 0 Å². The van der Waals surface area contributed by atoms with Crippen molar-refractivity contribution in [2.24, 2.45) is 0 Å². The zero-order chi connectivity index (χ0) is 22.8. The first kappa shape index (κ1) is 22.7. The van der Waals surface area contributed by atoms with Crippen LogP contribution in [0.5, 0.6) is 0 Å². The second kappa shape index (κ2) is 10.1. The molecule has 0 radical (unpaired) electrons. The molecule has 5 nitrogen and oxygen atoms in total. The van der Waals surface area contributed by atoms with E-state index >= 15 is 0 Å². The van der Waals surface area contributed by atoms with Crippen molar-refractivity contribution in [1.82, 2.24) is 14.8 Å². The van der Waals surface area contributed by atoms with E-state index in [-0.39, 0.29) is 18.1 Å². The van der Waals surface area contributed by atoms with Crippen LogP contribution in [0.2, 0.25) is 0 Å². The van der Waals surface area contributed by atoms with Gasteiger partial charge in [0.05, 0.1) is 29.2 Å². The van der Waals surface area contributed by atoms with Gasteiger partial charge in [0.1, 0.15) is 5.01 Å². The van der Waals surface area contributed by atoms with E-state index in [1.54, 1.807) is 22.7 Å². The van der Waals surface area contributed by atoms with E-state index in [4.69, 9.17) is 9.72 Å². The minimum atomic E-state index is 0.230. The zero-order valence-electron chi connectivity index (χ0n) is 19.3. The lowest BCUT2D eigenvalue weighted by Crippen LogP contribution is -2.51. The van der Waals surface area contributed by atoms with Crippen LogP contribution in [0.4, 0.5) is 0 Å². The molecule has 3 atom stereocenters. The van der Waals surface area contributed by atoms with Gasteiger partial charge in [-0.25, -0.2) is 4.98 Å². The molecular formula is C26H31N3O2S2. The normalized spacial score (nSPS) is 23.8.